The Labute approximate surface area is 164 Å². The lowest BCUT2D eigenvalue weighted by Crippen LogP contribution is -2.64. The van der Waals surface area contributed by atoms with Gasteiger partial charge in [0.2, 0.25) is 11.8 Å². The highest BCUT2D eigenvalue weighted by molar-refractivity contribution is 6.01. The van der Waals surface area contributed by atoms with Gasteiger partial charge in [0.15, 0.2) is 5.72 Å². The van der Waals surface area contributed by atoms with Crippen molar-refractivity contribution in [3.8, 4) is 11.5 Å². The lowest BCUT2D eigenvalue weighted by atomic mass is 9.73. The van der Waals surface area contributed by atoms with Crippen LogP contribution >= 0.6 is 0 Å². The summed E-state index contributed by atoms with van der Waals surface area (Å²) in [6.07, 6.45) is 1.13. The Balaban J connectivity index is 1.68. The second-order valence-electron chi connectivity index (χ2n) is 7.56. The van der Waals surface area contributed by atoms with Crippen molar-refractivity contribution in [3.05, 3.63) is 59.7 Å². The second-order valence-corrected chi connectivity index (χ2v) is 7.56. The second kappa shape index (κ2) is 6.86. The Morgan fingerprint density at radius 3 is 2.71 bits per heavy atom. The summed E-state index contributed by atoms with van der Waals surface area (Å²) in [6, 6.07) is 15.3. The summed E-state index contributed by atoms with van der Waals surface area (Å²) in [6.45, 7) is 2.32. The van der Waals surface area contributed by atoms with Gasteiger partial charge in [-0.2, -0.15) is 0 Å². The van der Waals surface area contributed by atoms with Crippen LogP contribution in [0.25, 0.3) is 0 Å². The van der Waals surface area contributed by atoms with E-state index in [1.807, 2.05) is 55.5 Å². The fraction of sp³-hybridized carbons (Fsp3) is 0.364. The van der Waals surface area contributed by atoms with Crippen molar-refractivity contribution in [3.63, 3.8) is 0 Å². The molecule has 0 saturated carbocycles. The number of carbonyl (C=O) groups excluding carboxylic acids is 2. The molecule has 1 saturated heterocycles. The van der Waals surface area contributed by atoms with E-state index in [0.29, 0.717) is 25.1 Å². The molecule has 1 fully saturated rings. The van der Waals surface area contributed by atoms with Crippen molar-refractivity contribution >= 4 is 11.8 Å². The maximum atomic E-state index is 13.3. The van der Waals surface area contributed by atoms with Crippen molar-refractivity contribution in [1.29, 1.82) is 0 Å². The van der Waals surface area contributed by atoms with Crippen molar-refractivity contribution in [1.82, 2.24) is 4.90 Å². The number of likely N-dealkylation sites (tertiary alicyclic amines) is 1. The zero-order valence-electron chi connectivity index (χ0n) is 16.1. The molecule has 146 valence electrons. The van der Waals surface area contributed by atoms with E-state index in [2.05, 4.69) is 0 Å². The molecule has 0 spiro atoms. The zero-order valence-corrected chi connectivity index (χ0v) is 16.1. The molecule has 4 rings (SSSR count). The summed E-state index contributed by atoms with van der Waals surface area (Å²) in [5.74, 6) is -0.511. The largest absolute Gasteiger partial charge is 0.496 e. The third kappa shape index (κ3) is 2.89. The number of hydrogen-bond donors (Lipinski definition) is 1. The van der Waals surface area contributed by atoms with Crippen LogP contribution < -0.4 is 15.2 Å². The lowest BCUT2D eigenvalue weighted by molar-refractivity contribution is -0.175. The van der Waals surface area contributed by atoms with Gasteiger partial charge in [-0.3, -0.25) is 9.59 Å². The van der Waals surface area contributed by atoms with Gasteiger partial charge in [-0.05, 0) is 36.6 Å². The summed E-state index contributed by atoms with van der Waals surface area (Å²) in [4.78, 5) is 27.2. The third-order valence-corrected chi connectivity index (χ3v) is 5.86. The molecule has 0 aromatic heterocycles. The molecular weight excluding hydrogens is 356 g/mol. The number of fused-ring (bicyclic) bond motifs is 4. The lowest BCUT2D eigenvalue weighted by Gasteiger charge is -2.52. The molecule has 2 aliphatic rings. The van der Waals surface area contributed by atoms with Crippen molar-refractivity contribution in [2.75, 3.05) is 13.7 Å². The fourth-order valence-corrected chi connectivity index (χ4v) is 4.52. The van der Waals surface area contributed by atoms with Crippen LogP contribution in [0.2, 0.25) is 0 Å². The van der Waals surface area contributed by atoms with Gasteiger partial charge < -0.3 is 20.1 Å². The number of nitrogens with two attached hydrogens (primary N) is 1. The summed E-state index contributed by atoms with van der Waals surface area (Å²) in [7, 11) is 1.63. The third-order valence-electron chi connectivity index (χ3n) is 5.86. The molecule has 2 amide bonds. The first kappa shape index (κ1) is 18.3. The minimum Gasteiger partial charge on any atom is -0.496 e. The van der Waals surface area contributed by atoms with Crippen LogP contribution in [0.1, 0.15) is 30.4 Å². The quantitative estimate of drug-likeness (QED) is 0.808. The molecule has 0 radical (unpaired) electrons. The van der Waals surface area contributed by atoms with E-state index in [1.54, 1.807) is 12.0 Å². The average molecular weight is 380 g/mol. The van der Waals surface area contributed by atoms with Gasteiger partial charge in [-0.25, -0.2) is 0 Å². The number of amides is 2. The van der Waals surface area contributed by atoms with Crippen LogP contribution in [0.4, 0.5) is 0 Å². The van der Waals surface area contributed by atoms with E-state index in [9.17, 15) is 9.59 Å². The van der Waals surface area contributed by atoms with E-state index >= 15 is 0 Å². The minimum atomic E-state index is -0.879. The zero-order chi connectivity index (χ0) is 19.9. The Hall–Kier alpha value is -3.02. The van der Waals surface area contributed by atoms with E-state index < -0.39 is 17.6 Å². The van der Waals surface area contributed by atoms with Crippen LogP contribution in [-0.4, -0.2) is 36.1 Å². The molecule has 3 unspecified atom stereocenters. The first-order chi connectivity index (χ1) is 13.4. The van der Waals surface area contributed by atoms with Crippen LogP contribution in [-0.2, 0) is 16.0 Å². The van der Waals surface area contributed by atoms with Gasteiger partial charge in [0.1, 0.15) is 17.4 Å². The van der Waals surface area contributed by atoms with Gasteiger partial charge in [-0.15, -0.1) is 0 Å². The van der Waals surface area contributed by atoms with E-state index in [-0.39, 0.29) is 11.8 Å². The summed E-state index contributed by atoms with van der Waals surface area (Å²) >= 11 is 0. The first-order valence-electron chi connectivity index (χ1n) is 9.45. The fourth-order valence-electron chi connectivity index (χ4n) is 4.52. The summed E-state index contributed by atoms with van der Waals surface area (Å²) in [5.41, 5.74) is 6.72. The van der Waals surface area contributed by atoms with Crippen LogP contribution in [0.3, 0.4) is 0 Å². The molecule has 2 heterocycles. The molecule has 6 heteroatoms. The van der Waals surface area contributed by atoms with Gasteiger partial charge in [-0.1, -0.05) is 36.4 Å². The summed E-state index contributed by atoms with van der Waals surface area (Å²) in [5, 5.41) is 0. The molecule has 2 aliphatic heterocycles. The van der Waals surface area contributed by atoms with Gasteiger partial charge >= 0.3 is 0 Å². The first-order valence-corrected chi connectivity index (χ1v) is 9.45. The normalized spacial score (nSPS) is 25.6. The SMILES string of the molecule is COc1ccccc1CCN1C(=O)C(C(N)=O)C2CC1(C)Oc1ccccc12. The molecule has 2 bridgehead atoms. The minimum absolute atomic E-state index is 0.262. The molecular formula is C22H24N2O4. The Morgan fingerprint density at radius 1 is 1.25 bits per heavy atom. The molecule has 2 aromatic carbocycles. The number of carbonyl (C=O) groups is 2. The Kier molecular flexibility index (Phi) is 4.49. The van der Waals surface area contributed by atoms with Crippen LogP contribution in [0.15, 0.2) is 48.5 Å². The number of hydrogen-bond acceptors (Lipinski definition) is 4. The van der Waals surface area contributed by atoms with E-state index in [0.717, 1.165) is 16.9 Å². The standard InChI is InChI=1S/C22H24N2O4/c1-22-13-16(15-8-4-6-10-18(15)28-22)19(20(23)25)21(26)24(22)12-11-14-7-3-5-9-17(14)27-2/h3-10,16,19H,11-13H2,1-2H3,(H2,23,25). The van der Waals surface area contributed by atoms with Crippen molar-refractivity contribution in [2.45, 2.75) is 31.4 Å². The molecule has 3 atom stereocenters. The maximum Gasteiger partial charge on any atom is 0.238 e. The van der Waals surface area contributed by atoms with Crippen molar-refractivity contribution in [2.24, 2.45) is 11.7 Å². The molecule has 2 aromatic rings. The van der Waals surface area contributed by atoms with Gasteiger partial charge in [0.05, 0.1) is 7.11 Å². The molecule has 6 nitrogen and oxygen atoms in total. The number of ether oxygens (including phenoxy) is 2. The molecule has 28 heavy (non-hydrogen) atoms. The predicted octanol–water partition coefficient (Wildman–Crippen LogP) is 2.46. The number of primary amides is 1. The average Bonchev–Trinajstić information content (AvgIpc) is 2.67. The number of benzene rings is 2. The number of piperidine rings is 1. The van der Waals surface area contributed by atoms with Crippen LogP contribution in [0.5, 0.6) is 11.5 Å². The highest BCUT2D eigenvalue weighted by Crippen LogP contribution is 2.50. The number of methoxy groups -OCH3 is 1. The Bertz CT molecular complexity index is 928. The highest BCUT2D eigenvalue weighted by Gasteiger charge is 2.55. The van der Waals surface area contributed by atoms with Gasteiger partial charge in [0, 0.05) is 18.9 Å². The number of nitrogens with zero attached hydrogens (tertiary/aromatic N) is 1. The predicted molar refractivity (Wildman–Crippen MR) is 104 cm³/mol. The highest BCUT2D eigenvalue weighted by atomic mass is 16.5. The summed E-state index contributed by atoms with van der Waals surface area (Å²) < 4.78 is 11.7. The molecule has 0 aliphatic carbocycles. The van der Waals surface area contributed by atoms with E-state index in [4.69, 9.17) is 15.2 Å². The van der Waals surface area contributed by atoms with Crippen LogP contribution in [0, 0.1) is 5.92 Å². The number of para-hydroxylation sites is 2. The molecule has 2 N–H and O–H groups in total. The van der Waals surface area contributed by atoms with Gasteiger partial charge in [0.25, 0.3) is 0 Å². The monoisotopic (exact) mass is 380 g/mol. The Morgan fingerprint density at radius 2 is 1.96 bits per heavy atom. The number of rotatable bonds is 5. The van der Waals surface area contributed by atoms with E-state index in [1.165, 1.54) is 0 Å². The topological polar surface area (TPSA) is 81.9 Å². The smallest absolute Gasteiger partial charge is 0.238 e. The maximum absolute atomic E-state index is 13.3. The van der Waals surface area contributed by atoms with Crippen molar-refractivity contribution < 1.29 is 19.1 Å².